The molecule has 7 nitrogen and oxygen atoms in total. The second kappa shape index (κ2) is 8.48. The number of halogens is 2. The number of nitrogens with zero attached hydrogens (tertiary/aromatic N) is 3. The van der Waals surface area contributed by atoms with Crippen molar-refractivity contribution in [2.24, 2.45) is 16.7 Å². The van der Waals surface area contributed by atoms with Crippen LogP contribution in [0.5, 0.6) is 0 Å². The Morgan fingerprint density at radius 3 is 2.43 bits per heavy atom. The third-order valence-corrected chi connectivity index (χ3v) is 11.4. The standard InChI is InChI=1S/C33H32F2N4O3/c34-21-4-6-24-23(13-21)36-28(41-24)25-20(3-5-22(26(25)35)37-29(40)33-14-18(15-33)16-33)17-31-7-10-32(11-8-31,12-9-31)30-38-27(39-42-30)19-1-2-19/h3-6,13,18-19H,1-2,7-12,14-17H2,(H,37,40). The maximum absolute atomic E-state index is 16.4. The average molecular weight is 571 g/mol. The number of nitrogens with one attached hydrogen (secondary N) is 1. The van der Waals surface area contributed by atoms with Crippen LogP contribution in [0.1, 0.15) is 93.8 Å². The lowest BCUT2D eigenvalue weighted by Gasteiger charge is -2.60. The van der Waals surface area contributed by atoms with Crippen molar-refractivity contribution < 1.29 is 22.5 Å². The highest BCUT2D eigenvalue weighted by Gasteiger charge is 2.61. The van der Waals surface area contributed by atoms with Gasteiger partial charge in [0.1, 0.15) is 11.3 Å². The Morgan fingerprint density at radius 2 is 1.74 bits per heavy atom. The Morgan fingerprint density at radius 1 is 0.976 bits per heavy atom. The number of carbonyl (C=O) groups excluding carboxylic acids is 1. The van der Waals surface area contributed by atoms with Crippen molar-refractivity contribution in [2.45, 2.75) is 88.4 Å². The van der Waals surface area contributed by atoms with Crippen molar-refractivity contribution in [1.82, 2.24) is 15.1 Å². The monoisotopic (exact) mass is 570 g/mol. The van der Waals surface area contributed by atoms with E-state index in [0.29, 0.717) is 29.4 Å². The summed E-state index contributed by atoms with van der Waals surface area (Å²) in [7, 11) is 0. The molecule has 0 aliphatic heterocycles. The lowest BCUT2D eigenvalue weighted by molar-refractivity contribution is -0.158. The third kappa shape index (κ3) is 3.67. The van der Waals surface area contributed by atoms with E-state index in [2.05, 4.69) is 15.5 Å². The molecule has 7 saturated carbocycles. The van der Waals surface area contributed by atoms with Crippen LogP contribution < -0.4 is 5.32 Å². The van der Waals surface area contributed by atoms with E-state index in [-0.39, 0.29) is 39.3 Å². The van der Waals surface area contributed by atoms with E-state index in [4.69, 9.17) is 13.9 Å². The highest BCUT2D eigenvalue weighted by atomic mass is 19.1. The topological polar surface area (TPSA) is 94.1 Å². The predicted octanol–water partition coefficient (Wildman–Crippen LogP) is 7.61. The fraction of sp³-hybridized carbons (Fsp3) is 0.515. The SMILES string of the molecule is O=C(Nc1ccc(CC23CCC(c4nc(C5CC5)no4)(CC2)CC3)c(-c2nc3cc(F)ccc3o2)c1F)C12CC(C1)C2. The maximum atomic E-state index is 16.4. The largest absolute Gasteiger partial charge is 0.436 e. The van der Waals surface area contributed by atoms with E-state index in [1.165, 1.54) is 18.2 Å². The number of rotatable bonds is 7. The third-order valence-electron chi connectivity index (χ3n) is 11.4. The summed E-state index contributed by atoms with van der Waals surface area (Å²) < 4.78 is 42.2. The number of anilines is 1. The molecule has 7 aliphatic carbocycles. The van der Waals surface area contributed by atoms with Gasteiger partial charge in [0, 0.05) is 17.4 Å². The second-order valence-electron chi connectivity index (χ2n) is 14.0. The van der Waals surface area contributed by atoms with Gasteiger partial charge in [-0.15, -0.1) is 0 Å². The Balaban J connectivity index is 1.04. The molecule has 7 aliphatic rings. The molecule has 0 spiro atoms. The molecule has 42 heavy (non-hydrogen) atoms. The summed E-state index contributed by atoms with van der Waals surface area (Å²) in [5.41, 5.74) is 1.54. The highest BCUT2D eigenvalue weighted by molar-refractivity contribution is 5.98. The van der Waals surface area contributed by atoms with Crippen molar-refractivity contribution in [3.05, 3.63) is 59.2 Å². The molecule has 216 valence electrons. The Kier molecular flexibility index (Phi) is 5.03. The van der Waals surface area contributed by atoms with E-state index < -0.39 is 11.6 Å². The van der Waals surface area contributed by atoms with Gasteiger partial charge in [0.2, 0.25) is 17.7 Å². The molecule has 4 aromatic rings. The van der Waals surface area contributed by atoms with Crippen molar-refractivity contribution in [2.75, 3.05) is 5.32 Å². The number of carbonyl (C=O) groups is 1. The molecule has 1 amide bonds. The minimum Gasteiger partial charge on any atom is -0.436 e. The van der Waals surface area contributed by atoms with Crippen LogP contribution >= 0.6 is 0 Å². The van der Waals surface area contributed by atoms with Crippen molar-refractivity contribution >= 4 is 22.7 Å². The maximum Gasteiger partial charge on any atom is 0.232 e. The van der Waals surface area contributed by atoms with Crippen molar-refractivity contribution in [3.63, 3.8) is 0 Å². The van der Waals surface area contributed by atoms with Gasteiger partial charge in [-0.25, -0.2) is 13.8 Å². The van der Waals surface area contributed by atoms with Gasteiger partial charge in [-0.05, 0) is 112 Å². The number of benzene rings is 2. The predicted molar refractivity (Wildman–Crippen MR) is 150 cm³/mol. The number of hydrogen-bond acceptors (Lipinski definition) is 6. The lowest BCUT2D eigenvalue weighted by Crippen LogP contribution is -2.58. The van der Waals surface area contributed by atoms with Crippen molar-refractivity contribution in [3.8, 4) is 11.5 Å². The molecule has 0 radical (unpaired) electrons. The van der Waals surface area contributed by atoms with Crippen LogP contribution in [0.15, 0.2) is 39.3 Å². The molecular formula is C33H32F2N4O3. The van der Waals surface area contributed by atoms with Gasteiger partial charge in [-0.2, -0.15) is 4.98 Å². The van der Waals surface area contributed by atoms with E-state index in [1.807, 2.05) is 6.07 Å². The number of fused-ring (bicyclic) bond motifs is 4. The Labute approximate surface area is 241 Å². The smallest absolute Gasteiger partial charge is 0.232 e. The van der Waals surface area contributed by atoms with Gasteiger partial charge in [0.15, 0.2) is 17.2 Å². The fourth-order valence-electron chi connectivity index (χ4n) is 8.32. The minimum atomic E-state index is -0.546. The number of aromatic nitrogens is 3. The first kappa shape index (κ1) is 24.9. The van der Waals surface area contributed by atoms with Crippen LogP contribution in [0.4, 0.5) is 14.5 Å². The van der Waals surface area contributed by atoms with E-state index >= 15 is 4.39 Å². The van der Waals surface area contributed by atoms with Crippen LogP contribution in [0, 0.1) is 28.4 Å². The van der Waals surface area contributed by atoms with E-state index in [1.54, 1.807) is 6.07 Å². The first-order valence-corrected chi connectivity index (χ1v) is 15.4. The first-order chi connectivity index (χ1) is 20.3. The van der Waals surface area contributed by atoms with Crippen molar-refractivity contribution in [1.29, 1.82) is 0 Å². The summed E-state index contributed by atoms with van der Waals surface area (Å²) in [5, 5.41) is 7.16. The fourth-order valence-corrected chi connectivity index (χ4v) is 8.32. The number of oxazole rings is 1. The van der Waals surface area contributed by atoms with Gasteiger partial charge in [-0.3, -0.25) is 4.79 Å². The molecule has 2 heterocycles. The van der Waals surface area contributed by atoms with Gasteiger partial charge in [-0.1, -0.05) is 11.2 Å². The summed E-state index contributed by atoms with van der Waals surface area (Å²) in [5.74, 6) is 1.79. The molecule has 0 unspecified atom stereocenters. The summed E-state index contributed by atoms with van der Waals surface area (Å²) in [6.45, 7) is 0. The molecule has 4 bridgehead atoms. The van der Waals surface area contributed by atoms with Crippen LogP contribution in [-0.4, -0.2) is 21.0 Å². The summed E-state index contributed by atoms with van der Waals surface area (Å²) >= 11 is 0. The van der Waals surface area contributed by atoms with Crippen LogP contribution in [0.25, 0.3) is 22.6 Å². The molecule has 11 rings (SSSR count). The zero-order chi connectivity index (χ0) is 28.3. The lowest BCUT2D eigenvalue weighted by atomic mass is 9.44. The molecule has 9 heteroatoms. The molecular weight excluding hydrogens is 538 g/mol. The molecule has 1 N–H and O–H groups in total. The molecule has 0 atom stereocenters. The minimum absolute atomic E-state index is 0.0109. The van der Waals surface area contributed by atoms with E-state index in [9.17, 15) is 9.18 Å². The molecule has 0 saturated heterocycles. The zero-order valence-electron chi connectivity index (χ0n) is 23.3. The van der Waals surface area contributed by atoms with Crippen LogP contribution in [0.3, 0.4) is 0 Å². The molecule has 7 fully saturated rings. The van der Waals surface area contributed by atoms with Gasteiger partial charge in [0.25, 0.3) is 0 Å². The summed E-state index contributed by atoms with van der Waals surface area (Å²) in [6.07, 6.45) is 11.5. The van der Waals surface area contributed by atoms with Crippen LogP contribution in [-0.2, 0) is 16.6 Å². The number of hydrogen-bond donors (Lipinski definition) is 1. The average Bonchev–Trinajstić information content (AvgIpc) is 3.50. The Bertz CT molecular complexity index is 1730. The summed E-state index contributed by atoms with van der Waals surface area (Å²) in [6, 6.07) is 7.71. The first-order valence-electron chi connectivity index (χ1n) is 15.4. The quantitative estimate of drug-likeness (QED) is 0.246. The summed E-state index contributed by atoms with van der Waals surface area (Å²) in [4.78, 5) is 22.4. The second-order valence-corrected chi connectivity index (χ2v) is 14.0. The molecule has 2 aromatic heterocycles. The Hall–Kier alpha value is -3.62. The normalized spacial score (nSPS) is 31.1. The van der Waals surface area contributed by atoms with Gasteiger partial charge >= 0.3 is 0 Å². The number of amides is 1. The van der Waals surface area contributed by atoms with Gasteiger partial charge < -0.3 is 14.3 Å². The van der Waals surface area contributed by atoms with Gasteiger partial charge in [0.05, 0.1) is 16.7 Å². The van der Waals surface area contributed by atoms with E-state index in [0.717, 1.165) is 87.9 Å². The highest BCUT2D eigenvalue weighted by Crippen LogP contribution is 2.65. The van der Waals surface area contributed by atoms with Crippen LogP contribution in [0.2, 0.25) is 0 Å². The zero-order valence-corrected chi connectivity index (χ0v) is 23.3. The molecule has 2 aromatic carbocycles.